The maximum Gasteiger partial charge on any atom is 0.335 e. The van der Waals surface area contributed by atoms with Gasteiger partial charge in [0.2, 0.25) is 0 Å². The van der Waals surface area contributed by atoms with Gasteiger partial charge in [-0.1, -0.05) is 6.07 Å². The van der Waals surface area contributed by atoms with Crippen molar-refractivity contribution in [1.29, 1.82) is 0 Å². The molecule has 0 heterocycles. The van der Waals surface area contributed by atoms with Gasteiger partial charge in [0.1, 0.15) is 5.82 Å². The Morgan fingerprint density at radius 2 is 1.95 bits per heavy atom. The first-order chi connectivity index (χ1) is 10.0. The number of carboxylic acid groups (broad SMARTS) is 1. The first-order valence-corrected chi connectivity index (χ1v) is 6.98. The second-order valence-electron chi connectivity index (χ2n) is 4.21. The number of carbonyl (C=O) groups is 1. The Kier molecular flexibility index (Phi) is 4.80. The third-order valence-electron chi connectivity index (χ3n) is 2.79. The molecule has 0 bridgehead atoms. The molecule has 0 aliphatic rings. The van der Waals surface area contributed by atoms with Crippen molar-refractivity contribution in [3.8, 4) is 5.75 Å². The number of rotatable bonds is 5. The van der Waals surface area contributed by atoms with E-state index in [0.717, 1.165) is 17.8 Å². The van der Waals surface area contributed by atoms with Crippen molar-refractivity contribution in [2.24, 2.45) is 0 Å². The fourth-order valence-corrected chi connectivity index (χ4v) is 2.63. The average Bonchev–Trinajstić information content (AvgIpc) is 2.46. The Hall–Kier alpha value is -2.08. The number of carboxylic acids is 1. The minimum absolute atomic E-state index is 0.0137. The number of benzene rings is 2. The Bertz CT molecular complexity index is 674. The van der Waals surface area contributed by atoms with Crippen LogP contribution in [0.25, 0.3) is 0 Å². The summed E-state index contributed by atoms with van der Waals surface area (Å²) in [5.41, 5.74) is 0.665. The predicted octanol–water partition coefficient (Wildman–Crippen LogP) is 3.96. The molecule has 21 heavy (non-hydrogen) atoms. The van der Waals surface area contributed by atoms with Crippen LogP contribution in [0.5, 0.6) is 5.75 Å². The SMILES string of the molecule is COc1ccc(CSc2cc(C(=O)O)ccc2F)cc1F. The zero-order valence-electron chi connectivity index (χ0n) is 11.1. The second-order valence-corrected chi connectivity index (χ2v) is 5.23. The van der Waals surface area contributed by atoms with Crippen LogP contribution in [0.4, 0.5) is 8.78 Å². The standard InChI is InChI=1S/C15H12F2O3S/c1-20-13-5-2-9(6-12(13)17)8-21-14-7-10(15(18)19)3-4-11(14)16/h2-7H,8H2,1H3,(H,18,19). The van der Waals surface area contributed by atoms with E-state index in [4.69, 9.17) is 9.84 Å². The summed E-state index contributed by atoms with van der Waals surface area (Å²) < 4.78 is 32.0. The molecular weight excluding hydrogens is 298 g/mol. The molecule has 3 nitrogen and oxygen atoms in total. The highest BCUT2D eigenvalue weighted by molar-refractivity contribution is 7.98. The third-order valence-corrected chi connectivity index (χ3v) is 3.89. The number of halogens is 2. The maximum absolute atomic E-state index is 13.6. The van der Waals surface area contributed by atoms with Gasteiger partial charge in [-0.3, -0.25) is 0 Å². The number of methoxy groups -OCH3 is 1. The van der Waals surface area contributed by atoms with Gasteiger partial charge in [0.25, 0.3) is 0 Å². The monoisotopic (exact) mass is 310 g/mol. The fraction of sp³-hybridized carbons (Fsp3) is 0.133. The van der Waals surface area contributed by atoms with Crippen molar-refractivity contribution >= 4 is 17.7 Å². The second kappa shape index (κ2) is 6.58. The van der Waals surface area contributed by atoms with Gasteiger partial charge < -0.3 is 9.84 Å². The molecule has 2 rings (SSSR count). The lowest BCUT2D eigenvalue weighted by Crippen LogP contribution is -1.97. The summed E-state index contributed by atoms with van der Waals surface area (Å²) in [4.78, 5) is 11.1. The number of hydrogen-bond acceptors (Lipinski definition) is 3. The van der Waals surface area contributed by atoms with Gasteiger partial charge in [-0.25, -0.2) is 13.6 Å². The predicted molar refractivity (Wildman–Crippen MR) is 75.9 cm³/mol. The highest BCUT2D eigenvalue weighted by atomic mass is 32.2. The highest BCUT2D eigenvalue weighted by Gasteiger charge is 2.10. The van der Waals surface area contributed by atoms with Crippen LogP contribution in [0.2, 0.25) is 0 Å². The maximum atomic E-state index is 13.6. The van der Waals surface area contributed by atoms with Gasteiger partial charge in [0.05, 0.1) is 12.7 Å². The lowest BCUT2D eigenvalue weighted by atomic mass is 10.2. The molecule has 0 aromatic heterocycles. The molecule has 0 unspecified atom stereocenters. The Labute approximate surface area is 124 Å². The summed E-state index contributed by atoms with van der Waals surface area (Å²) in [7, 11) is 1.37. The van der Waals surface area contributed by atoms with Gasteiger partial charge in [-0.05, 0) is 35.9 Å². The molecule has 0 saturated heterocycles. The molecule has 0 aliphatic heterocycles. The molecule has 110 valence electrons. The van der Waals surface area contributed by atoms with Crippen LogP contribution < -0.4 is 4.74 Å². The van der Waals surface area contributed by atoms with E-state index < -0.39 is 17.6 Å². The minimum atomic E-state index is -1.12. The van der Waals surface area contributed by atoms with Crippen LogP contribution in [-0.2, 0) is 5.75 Å². The van der Waals surface area contributed by atoms with Gasteiger partial charge in [0.15, 0.2) is 11.6 Å². The van der Waals surface area contributed by atoms with Gasteiger partial charge in [-0.15, -0.1) is 11.8 Å². The van der Waals surface area contributed by atoms with E-state index in [1.807, 2.05) is 0 Å². The van der Waals surface area contributed by atoms with E-state index in [0.29, 0.717) is 11.3 Å². The van der Waals surface area contributed by atoms with E-state index >= 15 is 0 Å². The molecule has 0 saturated carbocycles. The third kappa shape index (κ3) is 3.72. The number of aromatic carboxylic acids is 1. The van der Waals surface area contributed by atoms with E-state index in [-0.39, 0.29) is 16.2 Å². The Balaban J connectivity index is 2.14. The molecular formula is C15H12F2O3S. The molecule has 2 aromatic rings. The fourth-order valence-electron chi connectivity index (χ4n) is 1.71. The molecule has 0 atom stereocenters. The first-order valence-electron chi connectivity index (χ1n) is 5.99. The van der Waals surface area contributed by atoms with Gasteiger partial charge in [-0.2, -0.15) is 0 Å². The lowest BCUT2D eigenvalue weighted by molar-refractivity contribution is 0.0696. The van der Waals surface area contributed by atoms with Gasteiger partial charge in [0, 0.05) is 10.6 Å². The minimum Gasteiger partial charge on any atom is -0.494 e. The number of hydrogen-bond donors (Lipinski definition) is 1. The summed E-state index contributed by atoms with van der Waals surface area (Å²) in [6, 6.07) is 8.06. The molecule has 2 aromatic carbocycles. The lowest BCUT2D eigenvalue weighted by Gasteiger charge is -2.07. The molecule has 1 N–H and O–H groups in total. The van der Waals surface area contributed by atoms with E-state index in [1.54, 1.807) is 6.07 Å². The summed E-state index contributed by atoms with van der Waals surface area (Å²) in [5.74, 6) is -1.65. The van der Waals surface area contributed by atoms with Gasteiger partial charge >= 0.3 is 5.97 Å². The Morgan fingerprint density at radius 1 is 1.19 bits per heavy atom. The average molecular weight is 310 g/mol. The van der Waals surface area contributed by atoms with Crippen molar-refractivity contribution in [3.05, 3.63) is 59.2 Å². The topological polar surface area (TPSA) is 46.5 Å². The Morgan fingerprint density at radius 3 is 2.57 bits per heavy atom. The van der Waals surface area contributed by atoms with Crippen LogP contribution >= 0.6 is 11.8 Å². The molecule has 0 spiro atoms. The summed E-state index contributed by atoms with van der Waals surface area (Å²) in [6.07, 6.45) is 0. The van der Waals surface area contributed by atoms with E-state index in [9.17, 15) is 13.6 Å². The van der Waals surface area contributed by atoms with E-state index in [2.05, 4.69) is 0 Å². The van der Waals surface area contributed by atoms with Crippen LogP contribution in [0.1, 0.15) is 15.9 Å². The van der Waals surface area contributed by atoms with Crippen molar-refractivity contribution in [2.75, 3.05) is 7.11 Å². The molecule has 6 heteroatoms. The largest absolute Gasteiger partial charge is 0.494 e. The first kappa shape index (κ1) is 15.3. The smallest absolute Gasteiger partial charge is 0.335 e. The number of ether oxygens (including phenoxy) is 1. The molecule has 0 radical (unpaired) electrons. The summed E-state index contributed by atoms with van der Waals surface area (Å²) in [6.45, 7) is 0. The van der Waals surface area contributed by atoms with Crippen molar-refractivity contribution in [3.63, 3.8) is 0 Å². The summed E-state index contributed by atoms with van der Waals surface area (Å²) in [5, 5.41) is 8.88. The van der Waals surface area contributed by atoms with Crippen molar-refractivity contribution in [2.45, 2.75) is 10.6 Å². The van der Waals surface area contributed by atoms with Crippen molar-refractivity contribution < 1.29 is 23.4 Å². The van der Waals surface area contributed by atoms with Crippen LogP contribution in [0, 0.1) is 11.6 Å². The zero-order chi connectivity index (χ0) is 15.4. The normalized spacial score (nSPS) is 10.4. The molecule has 0 fully saturated rings. The molecule has 0 amide bonds. The molecule has 0 aliphatic carbocycles. The number of thioether (sulfide) groups is 1. The van der Waals surface area contributed by atoms with Crippen molar-refractivity contribution in [1.82, 2.24) is 0 Å². The van der Waals surface area contributed by atoms with E-state index in [1.165, 1.54) is 31.4 Å². The van der Waals surface area contributed by atoms with Crippen LogP contribution in [-0.4, -0.2) is 18.2 Å². The quantitative estimate of drug-likeness (QED) is 0.849. The highest BCUT2D eigenvalue weighted by Crippen LogP contribution is 2.28. The van der Waals surface area contributed by atoms with Crippen LogP contribution in [0.3, 0.4) is 0 Å². The zero-order valence-corrected chi connectivity index (χ0v) is 11.9. The van der Waals surface area contributed by atoms with Crippen LogP contribution in [0.15, 0.2) is 41.3 Å². The summed E-state index contributed by atoms with van der Waals surface area (Å²) >= 11 is 1.11.